The van der Waals surface area contributed by atoms with Crippen molar-refractivity contribution >= 4 is 43.6 Å². The fraction of sp³-hybridized carbons (Fsp3) is 0.0137. The van der Waals surface area contributed by atoms with Gasteiger partial charge < -0.3 is 9.13 Å². The molecule has 0 saturated carbocycles. The molecule has 2 nitrogen and oxygen atoms in total. The highest BCUT2D eigenvalue weighted by atomic mass is 15.0. The largest absolute Gasteiger partial charge is 0.309 e. The molecule has 14 aromatic rings. The molecular formula is C73H50N2. The predicted molar refractivity (Wildman–Crippen MR) is 315 cm³/mol. The molecule has 0 spiro atoms. The second-order valence-corrected chi connectivity index (χ2v) is 19.6. The third-order valence-corrected chi connectivity index (χ3v) is 15.5. The third-order valence-electron chi connectivity index (χ3n) is 15.5. The Bertz CT molecular complexity index is 4260. The van der Waals surface area contributed by atoms with Gasteiger partial charge in [-0.05, 0) is 133 Å². The molecule has 0 aliphatic heterocycles. The molecule has 0 atom stereocenters. The van der Waals surface area contributed by atoms with Crippen LogP contribution in [-0.2, 0) is 5.41 Å². The maximum Gasteiger partial charge on any atom is 0.0701 e. The van der Waals surface area contributed by atoms with Crippen LogP contribution in [0.1, 0.15) is 22.3 Å². The predicted octanol–water partition coefficient (Wildman–Crippen LogP) is 18.9. The Labute approximate surface area is 437 Å². The van der Waals surface area contributed by atoms with Gasteiger partial charge >= 0.3 is 0 Å². The third kappa shape index (κ3) is 7.49. The van der Waals surface area contributed by atoms with Gasteiger partial charge in [0.25, 0.3) is 0 Å². The zero-order valence-electron chi connectivity index (χ0n) is 41.3. The SMILES string of the molecule is c1ccc(-c2ccc(-n3c4ccccc4c4cc(-c5ccc(-c6ccc7c(c6)c6ccccc6n7-c6cccc(-c7cccc(C(c8ccccc8)(c8ccccc8)c8ccccc8)c7)c6)cc5)ccc43)cc2)cc1. The van der Waals surface area contributed by atoms with E-state index in [9.17, 15) is 0 Å². The van der Waals surface area contributed by atoms with Crippen LogP contribution in [0.25, 0.3) is 99.5 Å². The maximum absolute atomic E-state index is 2.43. The first kappa shape index (κ1) is 44.0. The highest BCUT2D eigenvalue weighted by Crippen LogP contribution is 2.46. The topological polar surface area (TPSA) is 9.86 Å². The Balaban J connectivity index is 0.805. The van der Waals surface area contributed by atoms with E-state index in [-0.39, 0.29) is 0 Å². The molecule has 2 heteroatoms. The van der Waals surface area contributed by atoms with E-state index < -0.39 is 5.41 Å². The normalized spacial score (nSPS) is 11.7. The zero-order chi connectivity index (χ0) is 49.7. The monoisotopic (exact) mass is 954 g/mol. The van der Waals surface area contributed by atoms with E-state index in [1.165, 1.54) is 110 Å². The van der Waals surface area contributed by atoms with E-state index in [1.807, 2.05) is 0 Å². The molecule has 0 amide bonds. The Kier molecular flexibility index (Phi) is 10.8. The minimum absolute atomic E-state index is 0.531. The lowest BCUT2D eigenvalue weighted by Crippen LogP contribution is -2.31. The number of aromatic nitrogens is 2. The van der Waals surface area contributed by atoms with Gasteiger partial charge in [0.15, 0.2) is 0 Å². The summed E-state index contributed by atoms with van der Waals surface area (Å²) in [7, 11) is 0. The van der Waals surface area contributed by atoms with Crippen molar-refractivity contribution in [3.63, 3.8) is 0 Å². The molecule has 2 heterocycles. The van der Waals surface area contributed by atoms with Crippen molar-refractivity contribution < 1.29 is 0 Å². The summed E-state index contributed by atoms with van der Waals surface area (Å²) in [5.41, 5.74) is 21.0. The molecule has 0 unspecified atom stereocenters. The number of benzene rings is 12. The fourth-order valence-corrected chi connectivity index (χ4v) is 12.0. The van der Waals surface area contributed by atoms with Gasteiger partial charge in [0.05, 0.1) is 27.5 Å². The van der Waals surface area contributed by atoms with Crippen molar-refractivity contribution in [3.8, 4) is 55.9 Å². The van der Waals surface area contributed by atoms with Gasteiger partial charge in [-0.15, -0.1) is 0 Å². The van der Waals surface area contributed by atoms with Gasteiger partial charge in [-0.3, -0.25) is 0 Å². The minimum atomic E-state index is -0.531. The van der Waals surface area contributed by atoms with E-state index in [0.29, 0.717) is 0 Å². The lowest BCUT2D eigenvalue weighted by Gasteiger charge is -2.37. The average molecular weight is 955 g/mol. The molecule has 0 aliphatic rings. The number of hydrogen-bond acceptors (Lipinski definition) is 0. The first-order valence-corrected chi connectivity index (χ1v) is 25.9. The second kappa shape index (κ2) is 18.4. The van der Waals surface area contributed by atoms with Crippen molar-refractivity contribution in [2.45, 2.75) is 5.41 Å². The Hall–Kier alpha value is -9.76. The van der Waals surface area contributed by atoms with Crippen LogP contribution < -0.4 is 0 Å². The molecule has 0 bridgehead atoms. The van der Waals surface area contributed by atoms with Crippen LogP contribution in [0.2, 0.25) is 0 Å². The van der Waals surface area contributed by atoms with E-state index in [1.54, 1.807) is 0 Å². The molecular weight excluding hydrogens is 905 g/mol. The molecule has 75 heavy (non-hydrogen) atoms. The van der Waals surface area contributed by atoms with Crippen LogP contribution in [0.3, 0.4) is 0 Å². The minimum Gasteiger partial charge on any atom is -0.309 e. The average Bonchev–Trinajstić information content (AvgIpc) is 4.04. The number of rotatable bonds is 10. The lowest BCUT2D eigenvalue weighted by molar-refractivity contribution is 0.745. The van der Waals surface area contributed by atoms with Gasteiger partial charge in [-0.1, -0.05) is 237 Å². The lowest BCUT2D eigenvalue weighted by atomic mass is 9.65. The summed E-state index contributed by atoms with van der Waals surface area (Å²) < 4.78 is 4.82. The first-order valence-electron chi connectivity index (χ1n) is 25.9. The van der Waals surface area contributed by atoms with E-state index >= 15 is 0 Å². The first-order chi connectivity index (χ1) is 37.2. The Morgan fingerprint density at radius 3 is 1.04 bits per heavy atom. The smallest absolute Gasteiger partial charge is 0.0701 e. The van der Waals surface area contributed by atoms with Crippen LogP contribution in [-0.4, -0.2) is 9.13 Å². The Morgan fingerprint density at radius 1 is 0.187 bits per heavy atom. The molecule has 0 radical (unpaired) electrons. The van der Waals surface area contributed by atoms with Gasteiger partial charge in [0.2, 0.25) is 0 Å². The van der Waals surface area contributed by atoms with Crippen LogP contribution in [0.5, 0.6) is 0 Å². The van der Waals surface area contributed by atoms with E-state index in [2.05, 4.69) is 312 Å². The zero-order valence-corrected chi connectivity index (χ0v) is 41.3. The molecule has 0 N–H and O–H groups in total. The van der Waals surface area contributed by atoms with Crippen molar-refractivity contribution in [2.24, 2.45) is 0 Å². The van der Waals surface area contributed by atoms with Crippen LogP contribution in [0.15, 0.2) is 303 Å². The fourth-order valence-electron chi connectivity index (χ4n) is 12.0. The van der Waals surface area contributed by atoms with Crippen LogP contribution in [0.4, 0.5) is 0 Å². The summed E-state index contributed by atoms with van der Waals surface area (Å²) in [5.74, 6) is 0. The second-order valence-electron chi connectivity index (χ2n) is 19.6. The number of hydrogen-bond donors (Lipinski definition) is 0. The standard InChI is InChI=1S/C73H50N2/c1-5-19-51(20-6-1)52-39-43-63(44-40-52)74-69-33-15-13-31-65(69)67-49-57(41-45-71(67)74)53-35-37-54(38-36-53)58-42-46-72-68(50-58)66-32-14-16-34-70(66)75(72)64-30-18-22-56(48-64)55-21-17-29-62(47-55)73(59-23-7-2-8-24-59,60-25-9-3-10-26-60)61-27-11-4-12-28-61/h1-50H. The Morgan fingerprint density at radius 2 is 0.520 bits per heavy atom. The quantitative estimate of drug-likeness (QED) is 0.121. The van der Waals surface area contributed by atoms with Crippen molar-refractivity contribution in [1.82, 2.24) is 9.13 Å². The molecule has 0 aliphatic carbocycles. The number of nitrogens with zero attached hydrogens (tertiary/aromatic N) is 2. The molecule has 12 aromatic carbocycles. The molecule has 14 rings (SSSR count). The molecule has 0 saturated heterocycles. The summed E-state index contributed by atoms with van der Waals surface area (Å²) in [4.78, 5) is 0. The molecule has 2 aromatic heterocycles. The summed E-state index contributed by atoms with van der Waals surface area (Å²) in [6.07, 6.45) is 0. The van der Waals surface area contributed by atoms with E-state index in [0.717, 1.165) is 11.4 Å². The number of para-hydroxylation sites is 2. The highest BCUT2D eigenvalue weighted by Gasteiger charge is 2.38. The summed E-state index contributed by atoms with van der Waals surface area (Å²) in [6.45, 7) is 0. The van der Waals surface area contributed by atoms with Crippen LogP contribution >= 0.6 is 0 Å². The summed E-state index contributed by atoms with van der Waals surface area (Å²) in [6, 6.07) is 111. The van der Waals surface area contributed by atoms with Crippen LogP contribution in [0, 0.1) is 0 Å². The van der Waals surface area contributed by atoms with Crippen molar-refractivity contribution in [1.29, 1.82) is 0 Å². The molecule has 352 valence electrons. The summed E-state index contributed by atoms with van der Waals surface area (Å²) in [5, 5.41) is 4.96. The highest BCUT2D eigenvalue weighted by molar-refractivity contribution is 6.12. The van der Waals surface area contributed by atoms with Gasteiger partial charge in [0, 0.05) is 32.9 Å². The molecule has 0 fully saturated rings. The van der Waals surface area contributed by atoms with Crippen molar-refractivity contribution in [2.75, 3.05) is 0 Å². The van der Waals surface area contributed by atoms with Gasteiger partial charge in [-0.25, -0.2) is 0 Å². The number of fused-ring (bicyclic) bond motifs is 6. The summed E-state index contributed by atoms with van der Waals surface area (Å²) >= 11 is 0. The van der Waals surface area contributed by atoms with E-state index in [4.69, 9.17) is 0 Å². The maximum atomic E-state index is 2.43. The van der Waals surface area contributed by atoms with Gasteiger partial charge in [-0.2, -0.15) is 0 Å². The van der Waals surface area contributed by atoms with Gasteiger partial charge in [0.1, 0.15) is 0 Å². The van der Waals surface area contributed by atoms with Crippen molar-refractivity contribution in [3.05, 3.63) is 326 Å².